The fraction of sp³-hybridized carbons (Fsp3) is 0.0789. The number of para-hydroxylation sites is 2. The Morgan fingerprint density at radius 1 is 0.783 bits per heavy atom. The molecule has 1 unspecified atom stereocenters. The molecular weight excluding hydrogens is 614 g/mol. The maximum atomic E-state index is 14.1. The Labute approximate surface area is 276 Å². The summed E-state index contributed by atoms with van der Waals surface area (Å²) in [5.74, 6) is -0.902. The molecule has 0 saturated carbocycles. The van der Waals surface area contributed by atoms with E-state index in [1.807, 2.05) is 84.3 Å². The van der Waals surface area contributed by atoms with Gasteiger partial charge in [-0.3, -0.25) is 19.0 Å². The van der Waals surface area contributed by atoms with Gasteiger partial charge < -0.3 is 10.6 Å². The average molecular weight is 644 g/mol. The number of fused-ring (bicyclic) bond motifs is 3. The van der Waals surface area contributed by atoms with Crippen molar-refractivity contribution in [1.82, 2.24) is 9.88 Å². The Bertz CT molecular complexity index is 2030. The summed E-state index contributed by atoms with van der Waals surface area (Å²) in [7, 11) is 0. The van der Waals surface area contributed by atoms with E-state index in [1.54, 1.807) is 60.7 Å². The Morgan fingerprint density at radius 3 is 2.07 bits per heavy atom. The third-order valence-electron chi connectivity index (χ3n) is 7.53. The highest BCUT2D eigenvalue weighted by molar-refractivity contribution is 8.00. The molecule has 2 amide bonds. The van der Waals surface area contributed by atoms with E-state index in [4.69, 9.17) is 11.6 Å². The molecule has 0 aliphatic carbocycles. The second kappa shape index (κ2) is 13.9. The number of amides is 2. The van der Waals surface area contributed by atoms with E-state index in [2.05, 4.69) is 10.6 Å². The van der Waals surface area contributed by atoms with Gasteiger partial charge in [-0.25, -0.2) is 0 Å². The van der Waals surface area contributed by atoms with Gasteiger partial charge in [0.2, 0.25) is 5.91 Å². The zero-order valence-electron chi connectivity index (χ0n) is 24.9. The Kier molecular flexibility index (Phi) is 9.33. The minimum absolute atomic E-state index is 0.00357. The molecule has 1 heterocycles. The summed E-state index contributed by atoms with van der Waals surface area (Å²) in [4.78, 5) is 41.4. The summed E-state index contributed by atoms with van der Waals surface area (Å²) < 4.78 is 1.82. The molecule has 0 radical (unpaired) electrons. The lowest BCUT2D eigenvalue weighted by atomic mass is 10.1. The second-order valence-electron chi connectivity index (χ2n) is 10.6. The van der Waals surface area contributed by atoms with Gasteiger partial charge in [-0.1, -0.05) is 91.3 Å². The van der Waals surface area contributed by atoms with Crippen molar-refractivity contribution in [2.75, 3.05) is 5.32 Å². The predicted octanol–water partition coefficient (Wildman–Crippen LogP) is 9.07. The van der Waals surface area contributed by atoms with Crippen molar-refractivity contribution < 1.29 is 14.4 Å². The quantitative estimate of drug-likeness (QED) is 0.122. The highest BCUT2D eigenvalue weighted by Crippen LogP contribution is 2.33. The normalized spacial score (nSPS) is 12.2. The van der Waals surface area contributed by atoms with E-state index in [0.29, 0.717) is 28.3 Å². The van der Waals surface area contributed by atoms with E-state index in [1.165, 1.54) is 11.8 Å². The summed E-state index contributed by atoms with van der Waals surface area (Å²) in [5, 5.41) is 7.95. The van der Waals surface area contributed by atoms with Gasteiger partial charge in [-0.05, 0) is 72.7 Å². The number of nitrogens with zero attached hydrogens (tertiary/aromatic N) is 1. The molecule has 5 aromatic carbocycles. The third-order valence-corrected chi connectivity index (χ3v) is 9.12. The van der Waals surface area contributed by atoms with Crippen LogP contribution in [0.15, 0.2) is 138 Å². The molecule has 0 saturated heterocycles. The highest BCUT2D eigenvalue weighted by Gasteiger charge is 2.24. The van der Waals surface area contributed by atoms with Crippen molar-refractivity contribution in [3.05, 3.63) is 149 Å². The first-order chi connectivity index (χ1) is 22.4. The molecule has 6 nitrogen and oxygen atoms in total. The fourth-order valence-electron chi connectivity index (χ4n) is 5.29. The second-order valence-corrected chi connectivity index (χ2v) is 12.3. The molecule has 2 N–H and O–H groups in total. The minimum Gasteiger partial charge on any atom is -0.321 e. The van der Waals surface area contributed by atoms with Gasteiger partial charge >= 0.3 is 0 Å². The molecule has 0 fully saturated rings. The van der Waals surface area contributed by atoms with Crippen LogP contribution in [0.2, 0.25) is 5.02 Å². The first-order valence-corrected chi connectivity index (χ1v) is 16.1. The van der Waals surface area contributed by atoms with Crippen LogP contribution < -0.4 is 10.6 Å². The predicted molar refractivity (Wildman–Crippen MR) is 188 cm³/mol. The van der Waals surface area contributed by atoms with Crippen molar-refractivity contribution in [2.24, 2.45) is 0 Å². The smallest absolute Gasteiger partial charge is 0.272 e. The Morgan fingerprint density at radius 2 is 1.41 bits per heavy atom. The van der Waals surface area contributed by atoms with Crippen LogP contribution >= 0.6 is 23.4 Å². The standard InChI is InChI=1S/C38H30ClN3O3S/c1-2-35(38(45)42-33-17-8-6-15-30(33)31-16-7-9-18-34(31)42)46-29-14-10-13-28(24-29)40-37(44)32(23-25-19-21-27(39)22-20-25)41-36(43)26-11-4-3-5-12-26/h3-24,35H,2H2,1H3,(H,40,44)(H,41,43)/b32-23+. The Balaban J connectivity index is 1.24. The van der Waals surface area contributed by atoms with Crippen molar-refractivity contribution >= 4 is 74.7 Å². The van der Waals surface area contributed by atoms with Crippen LogP contribution in [0.3, 0.4) is 0 Å². The number of nitrogens with one attached hydrogen (secondary N) is 2. The summed E-state index contributed by atoms with van der Waals surface area (Å²) in [5.41, 5.74) is 3.49. The zero-order valence-corrected chi connectivity index (χ0v) is 26.5. The largest absolute Gasteiger partial charge is 0.321 e. The number of hydrogen-bond acceptors (Lipinski definition) is 4. The molecule has 46 heavy (non-hydrogen) atoms. The summed E-state index contributed by atoms with van der Waals surface area (Å²) in [6, 6.07) is 38.9. The molecule has 228 valence electrons. The van der Waals surface area contributed by atoms with Crippen LogP contribution in [-0.4, -0.2) is 27.5 Å². The molecule has 1 atom stereocenters. The number of rotatable bonds is 9. The van der Waals surface area contributed by atoms with E-state index in [-0.39, 0.29) is 16.9 Å². The summed E-state index contributed by atoms with van der Waals surface area (Å²) in [6.07, 6.45) is 2.21. The van der Waals surface area contributed by atoms with E-state index in [9.17, 15) is 14.4 Å². The van der Waals surface area contributed by atoms with Crippen molar-refractivity contribution in [2.45, 2.75) is 23.5 Å². The molecule has 0 aliphatic rings. The molecule has 8 heteroatoms. The molecule has 6 rings (SSSR count). The number of halogens is 1. The monoisotopic (exact) mass is 643 g/mol. The van der Waals surface area contributed by atoms with Crippen molar-refractivity contribution in [1.29, 1.82) is 0 Å². The van der Waals surface area contributed by atoms with Crippen molar-refractivity contribution in [3.63, 3.8) is 0 Å². The number of hydrogen-bond donors (Lipinski definition) is 2. The number of anilines is 1. The maximum Gasteiger partial charge on any atom is 0.272 e. The lowest BCUT2D eigenvalue weighted by Crippen LogP contribution is -2.30. The van der Waals surface area contributed by atoms with Crippen LogP contribution in [-0.2, 0) is 4.79 Å². The van der Waals surface area contributed by atoms with E-state index in [0.717, 1.165) is 26.7 Å². The van der Waals surface area contributed by atoms with Crippen molar-refractivity contribution in [3.8, 4) is 0 Å². The third kappa shape index (κ3) is 6.76. The number of benzene rings is 5. The number of aromatic nitrogens is 1. The molecule has 6 aromatic rings. The van der Waals surface area contributed by atoms with Crippen LogP contribution in [0.1, 0.15) is 34.1 Å². The van der Waals surface area contributed by atoms with Gasteiger partial charge in [-0.2, -0.15) is 0 Å². The van der Waals surface area contributed by atoms with Gasteiger partial charge in [0.15, 0.2) is 0 Å². The number of carbonyl (C=O) groups excluding carboxylic acids is 3. The van der Waals surface area contributed by atoms with Gasteiger partial charge in [0, 0.05) is 31.9 Å². The zero-order chi connectivity index (χ0) is 32.0. The van der Waals surface area contributed by atoms with Crippen LogP contribution in [0, 0.1) is 0 Å². The van der Waals surface area contributed by atoms with Gasteiger partial charge in [0.05, 0.1) is 16.3 Å². The van der Waals surface area contributed by atoms with Crippen LogP contribution in [0.5, 0.6) is 0 Å². The molecule has 0 spiro atoms. The van der Waals surface area contributed by atoms with Gasteiger partial charge in [0.1, 0.15) is 5.70 Å². The maximum absolute atomic E-state index is 14.1. The van der Waals surface area contributed by atoms with E-state index < -0.39 is 11.8 Å². The summed E-state index contributed by atoms with van der Waals surface area (Å²) in [6.45, 7) is 2.00. The lowest BCUT2D eigenvalue weighted by Gasteiger charge is -2.17. The molecule has 1 aromatic heterocycles. The number of thioether (sulfide) groups is 1. The lowest BCUT2D eigenvalue weighted by molar-refractivity contribution is -0.113. The fourth-order valence-corrected chi connectivity index (χ4v) is 6.47. The molecular formula is C38H30ClN3O3S. The van der Waals surface area contributed by atoms with Crippen LogP contribution in [0.4, 0.5) is 5.69 Å². The SMILES string of the molecule is CCC(Sc1cccc(NC(=O)/C(=C\c2ccc(Cl)cc2)NC(=O)c2ccccc2)c1)C(=O)n1c2ccccc2c2ccccc21. The van der Waals surface area contributed by atoms with Gasteiger partial charge in [0.25, 0.3) is 11.8 Å². The summed E-state index contributed by atoms with van der Waals surface area (Å²) >= 11 is 7.50. The van der Waals surface area contributed by atoms with Gasteiger partial charge in [-0.15, -0.1) is 11.8 Å². The first-order valence-electron chi connectivity index (χ1n) is 14.9. The Hall–Kier alpha value is -5.11. The number of carbonyl (C=O) groups is 3. The van der Waals surface area contributed by atoms with E-state index >= 15 is 0 Å². The molecule has 0 bridgehead atoms. The topological polar surface area (TPSA) is 80.2 Å². The highest BCUT2D eigenvalue weighted by atomic mass is 35.5. The molecule has 0 aliphatic heterocycles. The van der Waals surface area contributed by atoms with Crippen LogP contribution in [0.25, 0.3) is 27.9 Å². The average Bonchev–Trinajstić information content (AvgIpc) is 3.42. The first kappa shape index (κ1) is 30.9. The minimum atomic E-state index is -0.491.